The number of imide groups is 1. The standard InChI is InChI=1S/C33H32N6O5/c1-21-5-4-14-34-28(21)19-37-15-12-33(13-16-37)30(40)38(31(41)39(33)29-18-23(3)35-20-36-29)25-8-6-24(7-9-25)27-11-10-26(17-22(27)2)44-32(42)43/h4-11,14,17-18,20H,12-13,15-16,19H2,1-3H3,(H,42,43). The second-order valence-electron chi connectivity index (χ2n) is 11.2. The normalized spacial score (nSPS) is 16.5. The summed E-state index contributed by atoms with van der Waals surface area (Å²) < 4.78 is 4.76. The number of aryl methyl sites for hydroxylation is 3. The number of amides is 3. The molecule has 0 unspecified atom stereocenters. The lowest BCUT2D eigenvalue weighted by Gasteiger charge is -2.41. The van der Waals surface area contributed by atoms with Crippen molar-refractivity contribution in [3.05, 3.63) is 95.7 Å². The van der Waals surface area contributed by atoms with Crippen molar-refractivity contribution >= 4 is 29.6 Å². The third-order valence-corrected chi connectivity index (χ3v) is 8.44. The highest BCUT2D eigenvalue weighted by molar-refractivity contribution is 6.30. The van der Waals surface area contributed by atoms with Crippen LogP contribution in [0.2, 0.25) is 0 Å². The number of carboxylic acid groups (broad SMARTS) is 1. The van der Waals surface area contributed by atoms with Gasteiger partial charge in [-0.05, 0) is 86.2 Å². The molecule has 0 radical (unpaired) electrons. The lowest BCUT2D eigenvalue weighted by Crippen LogP contribution is -2.57. The van der Waals surface area contributed by atoms with Gasteiger partial charge in [0.1, 0.15) is 23.4 Å². The minimum Gasteiger partial charge on any atom is -0.449 e. The third-order valence-electron chi connectivity index (χ3n) is 8.44. The van der Waals surface area contributed by atoms with Crippen molar-refractivity contribution in [1.29, 1.82) is 0 Å². The first kappa shape index (κ1) is 28.9. The molecular formula is C33H32N6O5. The summed E-state index contributed by atoms with van der Waals surface area (Å²) in [6, 6.07) is 17.5. The summed E-state index contributed by atoms with van der Waals surface area (Å²) in [5.74, 6) is 0.366. The van der Waals surface area contributed by atoms with Gasteiger partial charge in [-0.3, -0.25) is 19.6 Å². The molecule has 11 nitrogen and oxygen atoms in total. The quantitative estimate of drug-likeness (QED) is 0.175. The van der Waals surface area contributed by atoms with Gasteiger partial charge in [-0.15, -0.1) is 0 Å². The number of piperidine rings is 1. The molecule has 1 N–H and O–H groups in total. The highest BCUT2D eigenvalue weighted by atomic mass is 16.7. The van der Waals surface area contributed by atoms with E-state index in [4.69, 9.17) is 9.84 Å². The molecule has 3 amide bonds. The van der Waals surface area contributed by atoms with Gasteiger partial charge in [0.05, 0.1) is 11.4 Å². The monoisotopic (exact) mass is 592 g/mol. The number of ether oxygens (including phenoxy) is 1. The minimum absolute atomic E-state index is 0.232. The molecule has 0 atom stereocenters. The Kier molecular flexibility index (Phi) is 7.56. The van der Waals surface area contributed by atoms with E-state index in [0.717, 1.165) is 27.9 Å². The van der Waals surface area contributed by atoms with Crippen LogP contribution in [0.1, 0.15) is 35.4 Å². The van der Waals surface area contributed by atoms with Crippen molar-refractivity contribution < 1.29 is 24.2 Å². The first-order valence-electron chi connectivity index (χ1n) is 14.4. The van der Waals surface area contributed by atoms with Crippen LogP contribution >= 0.6 is 0 Å². The Morgan fingerprint density at radius 2 is 1.68 bits per heavy atom. The average molecular weight is 593 g/mol. The lowest BCUT2D eigenvalue weighted by molar-refractivity contribution is -0.123. The van der Waals surface area contributed by atoms with Crippen LogP contribution in [0.3, 0.4) is 0 Å². The van der Waals surface area contributed by atoms with E-state index in [1.165, 1.54) is 11.2 Å². The van der Waals surface area contributed by atoms with Crippen LogP contribution in [-0.2, 0) is 11.3 Å². The summed E-state index contributed by atoms with van der Waals surface area (Å²) in [5, 5.41) is 8.90. The number of aromatic nitrogens is 3. The summed E-state index contributed by atoms with van der Waals surface area (Å²) in [6.07, 6.45) is 2.73. The van der Waals surface area contributed by atoms with Crippen LogP contribution in [0.4, 0.5) is 21.1 Å². The van der Waals surface area contributed by atoms with E-state index in [1.54, 1.807) is 47.5 Å². The fourth-order valence-corrected chi connectivity index (χ4v) is 6.11. The van der Waals surface area contributed by atoms with Crippen LogP contribution < -0.4 is 14.5 Å². The minimum atomic E-state index is -1.38. The van der Waals surface area contributed by atoms with Crippen LogP contribution in [0.25, 0.3) is 11.1 Å². The molecule has 0 aliphatic carbocycles. The Hall–Kier alpha value is -5.16. The smallest absolute Gasteiger partial charge is 0.449 e. The number of carbonyl (C=O) groups is 3. The zero-order valence-electron chi connectivity index (χ0n) is 24.7. The Morgan fingerprint density at radius 3 is 2.34 bits per heavy atom. The molecule has 0 bridgehead atoms. The maximum atomic E-state index is 14.3. The first-order valence-corrected chi connectivity index (χ1v) is 14.4. The van der Waals surface area contributed by atoms with Gasteiger partial charge in [0.25, 0.3) is 5.91 Å². The molecule has 224 valence electrons. The summed E-state index contributed by atoms with van der Waals surface area (Å²) >= 11 is 0. The summed E-state index contributed by atoms with van der Waals surface area (Å²) in [6.45, 7) is 7.63. The van der Waals surface area contributed by atoms with Gasteiger partial charge < -0.3 is 9.84 Å². The predicted octanol–water partition coefficient (Wildman–Crippen LogP) is 5.53. The highest BCUT2D eigenvalue weighted by Gasteiger charge is 2.59. The maximum absolute atomic E-state index is 14.3. The molecule has 2 aliphatic heterocycles. The van der Waals surface area contributed by atoms with Crippen molar-refractivity contribution in [3.8, 4) is 16.9 Å². The van der Waals surface area contributed by atoms with Crippen LogP contribution in [0.15, 0.2) is 73.2 Å². The Morgan fingerprint density at radius 1 is 0.932 bits per heavy atom. The van der Waals surface area contributed by atoms with E-state index in [2.05, 4.69) is 19.9 Å². The molecule has 4 heterocycles. The number of rotatable bonds is 6. The van der Waals surface area contributed by atoms with Crippen LogP contribution in [0.5, 0.6) is 5.75 Å². The first-order chi connectivity index (χ1) is 21.2. The summed E-state index contributed by atoms with van der Waals surface area (Å²) in [5.41, 5.74) is 4.75. The van der Waals surface area contributed by atoms with Crippen molar-refractivity contribution in [3.63, 3.8) is 0 Å². The molecule has 1 spiro atoms. The van der Waals surface area contributed by atoms with Gasteiger partial charge in [0, 0.05) is 37.6 Å². The molecule has 11 heteroatoms. The number of hydrogen-bond acceptors (Lipinski definition) is 8. The van der Waals surface area contributed by atoms with Gasteiger partial charge in [-0.25, -0.2) is 24.5 Å². The Bertz CT molecular complexity index is 1750. The molecule has 2 aromatic carbocycles. The van der Waals surface area contributed by atoms with Crippen molar-refractivity contribution in [2.75, 3.05) is 22.9 Å². The predicted molar refractivity (Wildman–Crippen MR) is 164 cm³/mol. The van der Waals surface area contributed by atoms with Crippen molar-refractivity contribution in [1.82, 2.24) is 19.9 Å². The molecule has 0 saturated carbocycles. The molecule has 2 aliphatic rings. The van der Waals surface area contributed by atoms with Crippen LogP contribution in [-0.4, -0.2) is 61.7 Å². The van der Waals surface area contributed by atoms with E-state index >= 15 is 0 Å². The molecule has 2 fully saturated rings. The maximum Gasteiger partial charge on any atom is 0.511 e. The second kappa shape index (κ2) is 11.5. The van der Waals surface area contributed by atoms with Gasteiger partial charge >= 0.3 is 12.2 Å². The largest absolute Gasteiger partial charge is 0.511 e. The van der Waals surface area contributed by atoms with E-state index < -0.39 is 17.7 Å². The van der Waals surface area contributed by atoms with Gasteiger partial charge in [0.2, 0.25) is 0 Å². The highest BCUT2D eigenvalue weighted by Crippen LogP contribution is 2.42. The Labute approximate surface area is 254 Å². The third kappa shape index (κ3) is 5.26. The molecule has 2 saturated heterocycles. The molecule has 6 rings (SSSR count). The number of pyridine rings is 1. The topological polar surface area (TPSA) is 129 Å². The number of carbonyl (C=O) groups excluding carboxylic acids is 2. The summed E-state index contributed by atoms with van der Waals surface area (Å²) in [7, 11) is 0. The lowest BCUT2D eigenvalue weighted by atomic mass is 9.85. The number of likely N-dealkylation sites (tertiary alicyclic amines) is 1. The number of urea groups is 1. The van der Waals surface area contributed by atoms with E-state index in [-0.39, 0.29) is 11.7 Å². The molecule has 4 aromatic rings. The number of anilines is 2. The summed E-state index contributed by atoms with van der Waals surface area (Å²) in [4.78, 5) is 57.6. The van der Waals surface area contributed by atoms with E-state index in [0.29, 0.717) is 49.7 Å². The second-order valence-corrected chi connectivity index (χ2v) is 11.2. The van der Waals surface area contributed by atoms with Gasteiger partial charge in [-0.2, -0.15) is 0 Å². The SMILES string of the molecule is Cc1cc(N2C(=O)N(c3ccc(-c4ccc(OC(=O)O)cc4C)cc3)C(=O)C23CCN(Cc2ncccc2C)CC3)ncn1. The van der Waals surface area contributed by atoms with E-state index in [1.807, 2.05) is 45.0 Å². The number of hydrogen-bond donors (Lipinski definition) is 1. The zero-order chi connectivity index (χ0) is 31.0. The fraction of sp³-hybridized carbons (Fsp3) is 0.273. The van der Waals surface area contributed by atoms with Crippen molar-refractivity contribution in [2.24, 2.45) is 0 Å². The van der Waals surface area contributed by atoms with Gasteiger partial charge in [-0.1, -0.05) is 24.3 Å². The number of nitrogens with zero attached hydrogens (tertiary/aromatic N) is 6. The molecule has 44 heavy (non-hydrogen) atoms. The average Bonchev–Trinajstić information content (AvgIpc) is 3.20. The fourth-order valence-electron chi connectivity index (χ4n) is 6.11. The van der Waals surface area contributed by atoms with Crippen LogP contribution in [0, 0.1) is 20.8 Å². The Balaban J connectivity index is 1.29. The number of benzene rings is 2. The van der Waals surface area contributed by atoms with Gasteiger partial charge in [0.15, 0.2) is 0 Å². The van der Waals surface area contributed by atoms with E-state index in [9.17, 15) is 14.4 Å². The zero-order valence-corrected chi connectivity index (χ0v) is 24.7. The molecule has 2 aromatic heterocycles. The molecular weight excluding hydrogens is 560 g/mol. The van der Waals surface area contributed by atoms with Crippen molar-refractivity contribution in [2.45, 2.75) is 45.7 Å².